The number of aryl methyl sites for hydroxylation is 2. The first-order chi connectivity index (χ1) is 11.6. The number of carbonyl (C=O) groups excluding carboxylic acids is 1. The van der Waals surface area contributed by atoms with E-state index in [0.717, 1.165) is 28.5 Å². The van der Waals surface area contributed by atoms with Gasteiger partial charge in [0.25, 0.3) is 0 Å². The Morgan fingerprint density at radius 1 is 1.38 bits per heavy atom. The monoisotopic (exact) mass is 346 g/mol. The molecule has 1 atom stereocenters. The van der Waals surface area contributed by atoms with Crippen LogP contribution in [-0.2, 0) is 22.4 Å². The Morgan fingerprint density at radius 2 is 2.25 bits per heavy atom. The van der Waals surface area contributed by atoms with Crippen LogP contribution in [0.3, 0.4) is 0 Å². The third kappa shape index (κ3) is 4.58. The highest BCUT2D eigenvalue weighted by atomic mass is 32.1. The van der Waals surface area contributed by atoms with Gasteiger partial charge >= 0.3 is 0 Å². The zero-order valence-electron chi connectivity index (χ0n) is 14.1. The third-order valence-electron chi connectivity index (χ3n) is 4.05. The van der Waals surface area contributed by atoms with Gasteiger partial charge in [0, 0.05) is 35.8 Å². The summed E-state index contributed by atoms with van der Waals surface area (Å²) in [7, 11) is 0. The second-order valence-electron chi connectivity index (χ2n) is 6.17. The molecule has 128 valence electrons. The lowest BCUT2D eigenvalue weighted by molar-refractivity contribution is -0.130. The van der Waals surface area contributed by atoms with E-state index in [1.165, 1.54) is 0 Å². The van der Waals surface area contributed by atoms with Crippen molar-refractivity contribution in [3.63, 3.8) is 0 Å². The minimum atomic E-state index is 0.120. The predicted octanol–water partition coefficient (Wildman–Crippen LogP) is 1.81. The molecule has 1 aliphatic heterocycles. The van der Waals surface area contributed by atoms with Crippen molar-refractivity contribution in [2.75, 3.05) is 26.3 Å². The van der Waals surface area contributed by atoms with E-state index < -0.39 is 0 Å². The highest BCUT2D eigenvalue weighted by molar-refractivity contribution is 7.09. The molecule has 7 heteroatoms. The lowest BCUT2D eigenvalue weighted by Crippen LogP contribution is -2.37. The van der Waals surface area contributed by atoms with Crippen molar-refractivity contribution in [1.29, 1.82) is 0 Å². The van der Waals surface area contributed by atoms with E-state index in [1.807, 2.05) is 30.2 Å². The normalized spacial score (nSPS) is 18.4. The molecule has 0 radical (unpaired) electrons. The van der Waals surface area contributed by atoms with Crippen LogP contribution in [0.4, 0.5) is 0 Å². The summed E-state index contributed by atoms with van der Waals surface area (Å²) in [5.41, 5.74) is 2.82. The Kier molecular flexibility index (Phi) is 5.52. The van der Waals surface area contributed by atoms with E-state index in [2.05, 4.69) is 15.0 Å². The average molecular weight is 346 g/mol. The van der Waals surface area contributed by atoms with Gasteiger partial charge in [0.2, 0.25) is 5.91 Å². The molecule has 0 N–H and O–H groups in total. The Balaban J connectivity index is 1.62. The number of nitrogens with zero attached hydrogens (tertiary/aromatic N) is 4. The standard InChI is InChI=1S/C17H22N4O2S/c1-12-5-15(19-11-18-12)6-14-8-21(3-4-23-9-14)17(22)7-16-10-24-13(2)20-16/h5,10-11,14H,3-4,6-9H2,1-2H3/t14-/m1/s1. The zero-order chi connectivity index (χ0) is 16.9. The molecule has 3 rings (SSSR count). The second-order valence-corrected chi connectivity index (χ2v) is 7.23. The largest absolute Gasteiger partial charge is 0.379 e. The molecule has 2 aromatic heterocycles. The number of hydrogen-bond acceptors (Lipinski definition) is 6. The van der Waals surface area contributed by atoms with Crippen LogP contribution in [0.15, 0.2) is 17.8 Å². The van der Waals surface area contributed by atoms with E-state index in [-0.39, 0.29) is 11.8 Å². The van der Waals surface area contributed by atoms with Crippen molar-refractivity contribution in [2.24, 2.45) is 5.92 Å². The minimum Gasteiger partial charge on any atom is -0.379 e. The predicted molar refractivity (Wildman–Crippen MR) is 91.9 cm³/mol. The van der Waals surface area contributed by atoms with Gasteiger partial charge in [-0.25, -0.2) is 15.0 Å². The van der Waals surface area contributed by atoms with Crippen molar-refractivity contribution < 1.29 is 9.53 Å². The Hall–Kier alpha value is -1.86. The maximum Gasteiger partial charge on any atom is 0.228 e. The van der Waals surface area contributed by atoms with Gasteiger partial charge in [-0.05, 0) is 26.3 Å². The molecule has 0 aliphatic carbocycles. The van der Waals surface area contributed by atoms with Gasteiger partial charge in [-0.3, -0.25) is 4.79 Å². The molecule has 0 spiro atoms. The summed E-state index contributed by atoms with van der Waals surface area (Å²) in [4.78, 5) is 27.3. The summed E-state index contributed by atoms with van der Waals surface area (Å²) in [6.07, 6.45) is 2.75. The summed E-state index contributed by atoms with van der Waals surface area (Å²) in [6.45, 7) is 6.49. The fourth-order valence-electron chi connectivity index (χ4n) is 2.90. The fraction of sp³-hybridized carbons (Fsp3) is 0.529. The Bertz CT molecular complexity index is 703. The molecule has 24 heavy (non-hydrogen) atoms. The minimum absolute atomic E-state index is 0.120. The van der Waals surface area contributed by atoms with Crippen molar-refractivity contribution in [1.82, 2.24) is 19.9 Å². The van der Waals surface area contributed by atoms with Crippen LogP contribution in [0.25, 0.3) is 0 Å². The van der Waals surface area contributed by atoms with Crippen LogP contribution in [-0.4, -0.2) is 52.1 Å². The van der Waals surface area contributed by atoms with Crippen molar-refractivity contribution in [3.8, 4) is 0 Å². The fourth-order valence-corrected chi connectivity index (χ4v) is 3.52. The highest BCUT2D eigenvalue weighted by Crippen LogP contribution is 2.15. The summed E-state index contributed by atoms with van der Waals surface area (Å²) in [6, 6.07) is 2.00. The molecule has 1 fully saturated rings. The quantitative estimate of drug-likeness (QED) is 0.844. The Morgan fingerprint density at radius 3 is 3.00 bits per heavy atom. The van der Waals surface area contributed by atoms with E-state index in [0.29, 0.717) is 32.7 Å². The molecule has 0 bridgehead atoms. The third-order valence-corrected chi connectivity index (χ3v) is 4.87. The van der Waals surface area contributed by atoms with Crippen LogP contribution in [0, 0.1) is 19.8 Å². The van der Waals surface area contributed by atoms with Crippen molar-refractivity contribution >= 4 is 17.2 Å². The number of ether oxygens (including phenoxy) is 1. The molecule has 1 aliphatic rings. The smallest absolute Gasteiger partial charge is 0.228 e. The Labute approximate surface area is 145 Å². The van der Waals surface area contributed by atoms with Crippen LogP contribution >= 0.6 is 11.3 Å². The maximum atomic E-state index is 12.6. The van der Waals surface area contributed by atoms with E-state index in [1.54, 1.807) is 17.7 Å². The number of rotatable bonds is 4. The molecule has 0 unspecified atom stereocenters. The summed E-state index contributed by atoms with van der Waals surface area (Å²) >= 11 is 1.58. The molecule has 2 aromatic rings. The number of hydrogen-bond donors (Lipinski definition) is 0. The number of aromatic nitrogens is 3. The topological polar surface area (TPSA) is 68.2 Å². The molecule has 1 saturated heterocycles. The first kappa shape index (κ1) is 17.0. The van der Waals surface area contributed by atoms with Crippen molar-refractivity contribution in [2.45, 2.75) is 26.7 Å². The molecule has 0 aromatic carbocycles. The van der Waals surface area contributed by atoms with E-state index in [4.69, 9.17) is 4.74 Å². The van der Waals surface area contributed by atoms with Gasteiger partial charge < -0.3 is 9.64 Å². The van der Waals surface area contributed by atoms with Gasteiger partial charge in [0.15, 0.2) is 0 Å². The molecule has 1 amide bonds. The number of amides is 1. The molecule has 3 heterocycles. The van der Waals surface area contributed by atoms with Crippen LogP contribution in [0.5, 0.6) is 0 Å². The van der Waals surface area contributed by atoms with Crippen LogP contribution in [0.1, 0.15) is 22.1 Å². The average Bonchev–Trinajstić information content (AvgIpc) is 2.81. The van der Waals surface area contributed by atoms with Crippen molar-refractivity contribution in [3.05, 3.63) is 39.9 Å². The first-order valence-corrected chi connectivity index (χ1v) is 9.02. The SMILES string of the molecule is Cc1cc(C[C@H]2COCCN(C(=O)Cc3csc(C)n3)C2)ncn1. The van der Waals surface area contributed by atoms with Gasteiger partial charge in [-0.1, -0.05) is 0 Å². The molecular weight excluding hydrogens is 324 g/mol. The summed E-state index contributed by atoms with van der Waals surface area (Å²) < 4.78 is 5.69. The zero-order valence-corrected chi connectivity index (χ0v) is 14.9. The molecule has 6 nitrogen and oxygen atoms in total. The highest BCUT2D eigenvalue weighted by Gasteiger charge is 2.23. The van der Waals surface area contributed by atoms with Gasteiger partial charge in [0.05, 0.1) is 30.3 Å². The van der Waals surface area contributed by atoms with Gasteiger partial charge in [-0.15, -0.1) is 11.3 Å². The molecule has 0 saturated carbocycles. The van der Waals surface area contributed by atoms with E-state index in [9.17, 15) is 4.79 Å². The lowest BCUT2D eigenvalue weighted by Gasteiger charge is -2.23. The number of carbonyl (C=O) groups is 1. The van der Waals surface area contributed by atoms with Gasteiger partial charge in [0.1, 0.15) is 6.33 Å². The number of thiazole rings is 1. The first-order valence-electron chi connectivity index (χ1n) is 8.14. The van der Waals surface area contributed by atoms with Crippen LogP contribution in [0.2, 0.25) is 0 Å². The second kappa shape index (κ2) is 7.81. The lowest BCUT2D eigenvalue weighted by atomic mass is 10.0. The maximum absolute atomic E-state index is 12.6. The van der Waals surface area contributed by atoms with Crippen LogP contribution < -0.4 is 0 Å². The summed E-state index contributed by atoms with van der Waals surface area (Å²) in [5.74, 6) is 0.373. The molecular formula is C17H22N4O2S. The van der Waals surface area contributed by atoms with E-state index >= 15 is 0 Å². The summed E-state index contributed by atoms with van der Waals surface area (Å²) in [5, 5.41) is 2.96. The van der Waals surface area contributed by atoms with Gasteiger partial charge in [-0.2, -0.15) is 0 Å².